The molecule has 150 valence electrons. The first-order valence-corrected chi connectivity index (χ1v) is 8.66. The van der Waals surface area contributed by atoms with Gasteiger partial charge in [-0.1, -0.05) is 24.8 Å². The van der Waals surface area contributed by atoms with E-state index in [2.05, 4.69) is 16.9 Å². The van der Waals surface area contributed by atoms with Gasteiger partial charge >= 0.3 is 6.18 Å². The highest BCUT2D eigenvalue weighted by Gasteiger charge is 2.29. The van der Waals surface area contributed by atoms with Crippen molar-refractivity contribution in [1.29, 1.82) is 0 Å². The number of carbonyl (C=O) groups is 1. The average molecular weight is 400 g/mol. The normalized spacial score (nSPS) is 11.3. The number of primary amides is 1. The Bertz CT molecular complexity index is 1050. The fourth-order valence-corrected chi connectivity index (χ4v) is 2.80. The van der Waals surface area contributed by atoms with Gasteiger partial charge in [0.25, 0.3) is 0 Å². The van der Waals surface area contributed by atoms with Crippen LogP contribution in [0.1, 0.15) is 16.7 Å². The van der Waals surface area contributed by atoms with Gasteiger partial charge in [0.1, 0.15) is 0 Å². The molecule has 0 aliphatic heterocycles. The lowest BCUT2D eigenvalue weighted by Crippen LogP contribution is -2.12. The molecule has 0 saturated carbocycles. The molecule has 0 atom stereocenters. The summed E-state index contributed by atoms with van der Waals surface area (Å²) in [5, 5.41) is 3.21. The van der Waals surface area contributed by atoms with Crippen LogP contribution >= 0.6 is 0 Å². The molecule has 29 heavy (non-hydrogen) atoms. The number of aromatic nitrogens is 2. The minimum Gasteiger partial charge on any atom is -0.380 e. The first-order chi connectivity index (χ1) is 13.6. The van der Waals surface area contributed by atoms with Crippen molar-refractivity contribution in [2.24, 2.45) is 12.8 Å². The van der Waals surface area contributed by atoms with Crippen LogP contribution in [0.3, 0.4) is 0 Å². The Hall–Kier alpha value is -3.55. The summed E-state index contributed by atoms with van der Waals surface area (Å²) in [5.41, 5.74) is 8.17. The number of imidazole rings is 1. The van der Waals surface area contributed by atoms with Crippen molar-refractivity contribution in [3.63, 3.8) is 0 Å². The zero-order valence-corrected chi connectivity index (χ0v) is 15.6. The van der Waals surface area contributed by atoms with Crippen molar-refractivity contribution in [3.05, 3.63) is 78.3 Å². The Balaban J connectivity index is 1.88. The molecule has 1 amide bonds. The maximum atomic E-state index is 12.7. The fourth-order valence-electron chi connectivity index (χ4n) is 2.80. The monoisotopic (exact) mass is 400 g/mol. The summed E-state index contributed by atoms with van der Waals surface area (Å²) in [6.45, 7) is 4.02. The van der Waals surface area contributed by atoms with Crippen LogP contribution in [0.15, 0.2) is 61.6 Å². The highest BCUT2D eigenvalue weighted by molar-refractivity contribution is 6.18. The zero-order chi connectivity index (χ0) is 21.2. The molecule has 1 aromatic heterocycles. The molecule has 0 saturated heterocycles. The van der Waals surface area contributed by atoms with E-state index >= 15 is 0 Å². The molecule has 8 heteroatoms. The van der Waals surface area contributed by atoms with E-state index in [-0.39, 0.29) is 5.57 Å². The molecule has 0 bridgehead atoms. The number of nitrogens with zero attached hydrogens (tertiary/aromatic N) is 2. The second-order valence-corrected chi connectivity index (χ2v) is 6.58. The van der Waals surface area contributed by atoms with Crippen molar-refractivity contribution in [2.45, 2.75) is 12.7 Å². The van der Waals surface area contributed by atoms with Gasteiger partial charge in [-0.25, -0.2) is 4.98 Å². The second-order valence-electron chi connectivity index (χ2n) is 6.58. The molecule has 0 radical (unpaired) electrons. The van der Waals surface area contributed by atoms with Crippen molar-refractivity contribution < 1.29 is 18.0 Å². The molecular formula is C21H19F3N4O. The smallest absolute Gasteiger partial charge is 0.380 e. The van der Waals surface area contributed by atoms with Crippen LogP contribution < -0.4 is 11.1 Å². The number of benzene rings is 2. The van der Waals surface area contributed by atoms with Crippen LogP contribution in [0.2, 0.25) is 0 Å². The van der Waals surface area contributed by atoms with Gasteiger partial charge in [-0.2, -0.15) is 13.2 Å². The zero-order valence-electron chi connectivity index (χ0n) is 15.6. The number of amides is 1. The van der Waals surface area contributed by atoms with Gasteiger partial charge in [-0.15, -0.1) is 0 Å². The maximum absolute atomic E-state index is 12.7. The van der Waals surface area contributed by atoms with E-state index in [1.165, 1.54) is 12.1 Å². The van der Waals surface area contributed by atoms with Crippen molar-refractivity contribution >= 4 is 17.2 Å². The number of anilines is 1. The lowest BCUT2D eigenvalue weighted by atomic mass is 10.0. The van der Waals surface area contributed by atoms with E-state index in [4.69, 9.17) is 5.73 Å². The number of nitrogens with two attached hydrogens (primary N) is 1. The third-order valence-electron chi connectivity index (χ3n) is 4.41. The van der Waals surface area contributed by atoms with Gasteiger partial charge in [0.15, 0.2) is 0 Å². The fraction of sp³-hybridized carbons (Fsp3) is 0.143. The topological polar surface area (TPSA) is 72.9 Å². The van der Waals surface area contributed by atoms with E-state index in [0.717, 1.165) is 17.7 Å². The molecule has 0 aliphatic rings. The van der Waals surface area contributed by atoms with Crippen molar-refractivity contribution in [3.8, 4) is 11.3 Å². The lowest BCUT2D eigenvalue weighted by molar-refractivity contribution is -0.137. The van der Waals surface area contributed by atoms with Crippen LogP contribution in [0.5, 0.6) is 0 Å². The summed E-state index contributed by atoms with van der Waals surface area (Å²) in [6.07, 6.45) is -0.906. The summed E-state index contributed by atoms with van der Waals surface area (Å²) in [4.78, 5) is 15.8. The highest BCUT2D eigenvalue weighted by Crippen LogP contribution is 2.31. The van der Waals surface area contributed by atoms with E-state index < -0.39 is 17.6 Å². The van der Waals surface area contributed by atoms with E-state index in [1.54, 1.807) is 29.1 Å². The third-order valence-corrected chi connectivity index (χ3v) is 4.41. The Labute approximate surface area is 165 Å². The molecule has 0 fully saturated rings. The number of halogens is 3. The van der Waals surface area contributed by atoms with E-state index in [1.807, 2.05) is 13.2 Å². The molecule has 1 heterocycles. The Morgan fingerprint density at radius 1 is 1.21 bits per heavy atom. The van der Waals surface area contributed by atoms with Crippen LogP contribution in [0, 0.1) is 0 Å². The minimum absolute atomic E-state index is 0.177. The van der Waals surface area contributed by atoms with Crippen molar-refractivity contribution in [1.82, 2.24) is 9.55 Å². The van der Waals surface area contributed by atoms with Gasteiger partial charge in [0, 0.05) is 36.6 Å². The van der Waals surface area contributed by atoms with Gasteiger partial charge in [0.05, 0.1) is 17.6 Å². The number of rotatable bonds is 6. The SMILES string of the molecule is C=C(C(N)=O)c1ccc(NCc2ccc(C(F)(F)F)cc2)c(-c2cn(C)cn2)c1. The Morgan fingerprint density at radius 3 is 2.45 bits per heavy atom. The molecule has 0 spiro atoms. The largest absolute Gasteiger partial charge is 0.416 e. The predicted molar refractivity (Wildman–Crippen MR) is 106 cm³/mol. The van der Waals surface area contributed by atoms with Crippen LogP contribution in [-0.2, 0) is 24.6 Å². The molecule has 3 aromatic rings. The second kappa shape index (κ2) is 7.83. The first kappa shape index (κ1) is 20.2. The molecule has 3 N–H and O–H groups in total. The van der Waals surface area contributed by atoms with Crippen LogP contribution in [0.25, 0.3) is 16.8 Å². The van der Waals surface area contributed by atoms with Crippen LogP contribution in [-0.4, -0.2) is 15.5 Å². The lowest BCUT2D eigenvalue weighted by Gasteiger charge is -2.14. The number of carbonyl (C=O) groups excluding carboxylic acids is 1. The minimum atomic E-state index is -4.36. The van der Waals surface area contributed by atoms with E-state index in [0.29, 0.717) is 29.1 Å². The quantitative estimate of drug-likeness (QED) is 0.609. The Morgan fingerprint density at radius 2 is 1.90 bits per heavy atom. The van der Waals surface area contributed by atoms with Gasteiger partial charge in [0.2, 0.25) is 5.91 Å². The van der Waals surface area contributed by atoms with Gasteiger partial charge in [-0.05, 0) is 35.4 Å². The number of alkyl halides is 3. The summed E-state index contributed by atoms with van der Waals surface area (Å²) < 4.78 is 39.9. The molecular weight excluding hydrogens is 381 g/mol. The average Bonchev–Trinajstić information content (AvgIpc) is 3.11. The van der Waals surface area contributed by atoms with Gasteiger partial charge < -0.3 is 15.6 Å². The molecule has 3 rings (SSSR count). The summed E-state index contributed by atoms with van der Waals surface area (Å²) in [6, 6.07) is 10.2. The molecule has 2 aromatic carbocycles. The third kappa shape index (κ3) is 4.66. The summed E-state index contributed by atoms with van der Waals surface area (Å²) in [7, 11) is 1.83. The van der Waals surface area contributed by atoms with Crippen LogP contribution in [0.4, 0.5) is 18.9 Å². The van der Waals surface area contributed by atoms with Gasteiger partial charge in [-0.3, -0.25) is 4.79 Å². The molecule has 0 unspecified atom stereocenters. The number of nitrogens with one attached hydrogen (secondary N) is 1. The summed E-state index contributed by atoms with van der Waals surface area (Å²) >= 11 is 0. The van der Waals surface area contributed by atoms with Crippen molar-refractivity contribution in [2.75, 3.05) is 5.32 Å². The molecule has 5 nitrogen and oxygen atoms in total. The standard InChI is InChI=1S/C21H19F3N4O/c1-13(20(25)29)15-5-8-18(17(9-15)19-11-28(2)12-27-19)26-10-14-3-6-16(7-4-14)21(22,23)24/h3-9,11-12,26H,1,10H2,2H3,(H2,25,29). The predicted octanol–water partition coefficient (Wildman–Crippen LogP) is 4.22. The number of hydrogen-bond donors (Lipinski definition) is 2. The number of aryl methyl sites for hydroxylation is 1. The molecule has 0 aliphatic carbocycles. The maximum Gasteiger partial charge on any atom is 0.416 e. The highest BCUT2D eigenvalue weighted by atomic mass is 19.4. The van der Waals surface area contributed by atoms with E-state index in [9.17, 15) is 18.0 Å². The number of hydrogen-bond acceptors (Lipinski definition) is 3. The Kier molecular flexibility index (Phi) is 5.45. The summed E-state index contributed by atoms with van der Waals surface area (Å²) in [5.74, 6) is -0.623. The first-order valence-electron chi connectivity index (χ1n) is 8.66.